The van der Waals surface area contributed by atoms with Crippen LogP contribution in [0.3, 0.4) is 0 Å². The second-order valence-corrected chi connectivity index (χ2v) is 7.36. The maximum atomic E-state index is 10.0. The Morgan fingerprint density at radius 2 is 1.73 bits per heavy atom. The maximum absolute atomic E-state index is 10.0. The van der Waals surface area contributed by atoms with Gasteiger partial charge in [0.05, 0.1) is 5.69 Å². The largest absolute Gasteiger partial charge is 0.506 e. The Kier molecular flexibility index (Phi) is 7.57. The zero-order valence-electron chi connectivity index (χ0n) is 16.9. The van der Waals surface area contributed by atoms with Crippen LogP contribution in [0.5, 0.6) is 5.75 Å². The van der Waals surface area contributed by atoms with Crippen molar-refractivity contribution >= 4 is 11.6 Å². The molecule has 0 bridgehead atoms. The topological polar surface area (TPSA) is 54.3 Å². The molecule has 1 aromatic carbocycles. The lowest BCUT2D eigenvalue weighted by Gasteiger charge is -2.38. The molecule has 6 nitrogen and oxygen atoms in total. The minimum atomic E-state index is 0.353. The number of hydrogen-bond acceptors (Lipinski definition) is 4. The fraction of sp³-hybridized carbons (Fsp3) is 0.650. The van der Waals surface area contributed by atoms with E-state index in [-0.39, 0.29) is 0 Å². The number of rotatable bonds is 6. The zero-order chi connectivity index (χ0) is 19.1. The summed E-state index contributed by atoms with van der Waals surface area (Å²) in [6.07, 6.45) is 0. The fourth-order valence-corrected chi connectivity index (χ4v) is 3.63. The van der Waals surface area contributed by atoms with Gasteiger partial charge in [-0.05, 0) is 39.8 Å². The van der Waals surface area contributed by atoms with Crippen LogP contribution in [0.15, 0.2) is 29.3 Å². The summed E-state index contributed by atoms with van der Waals surface area (Å²) in [7, 11) is 1.85. The summed E-state index contributed by atoms with van der Waals surface area (Å²) in [4.78, 5) is 11.5. The SMILES string of the molecule is CN=C(NCCN(C(C)C)C(C)C)N1CCN(c2ccccc2O)CC1. The molecule has 0 saturated carbocycles. The molecule has 0 aromatic heterocycles. The van der Waals surface area contributed by atoms with Crippen LogP contribution in [-0.4, -0.2) is 79.3 Å². The Bertz CT molecular complexity index is 571. The van der Waals surface area contributed by atoms with E-state index in [1.807, 2.05) is 25.2 Å². The molecule has 1 fully saturated rings. The number of aliphatic imine (C=N–C) groups is 1. The highest BCUT2D eigenvalue weighted by atomic mass is 16.3. The van der Waals surface area contributed by atoms with Gasteiger partial charge in [0.1, 0.15) is 5.75 Å². The molecule has 6 heteroatoms. The van der Waals surface area contributed by atoms with Crippen molar-refractivity contribution in [1.29, 1.82) is 0 Å². The van der Waals surface area contributed by atoms with E-state index >= 15 is 0 Å². The van der Waals surface area contributed by atoms with Crippen molar-refractivity contribution in [2.75, 3.05) is 51.2 Å². The molecule has 1 aromatic rings. The van der Waals surface area contributed by atoms with Gasteiger partial charge < -0.3 is 20.2 Å². The third kappa shape index (κ3) is 5.27. The molecule has 1 heterocycles. The molecule has 0 amide bonds. The summed E-state index contributed by atoms with van der Waals surface area (Å²) in [5.41, 5.74) is 0.916. The molecule has 0 spiro atoms. The third-order valence-electron chi connectivity index (χ3n) is 4.99. The number of benzene rings is 1. The first kappa shape index (κ1) is 20.4. The minimum Gasteiger partial charge on any atom is -0.506 e. The van der Waals surface area contributed by atoms with Crippen molar-refractivity contribution in [2.45, 2.75) is 39.8 Å². The van der Waals surface area contributed by atoms with Crippen LogP contribution in [0.4, 0.5) is 5.69 Å². The maximum Gasteiger partial charge on any atom is 0.193 e. The van der Waals surface area contributed by atoms with E-state index in [4.69, 9.17) is 0 Å². The van der Waals surface area contributed by atoms with Gasteiger partial charge in [-0.1, -0.05) is 12.1 Å². The van der Waals surface area contributed by atoms with Crippen LogP contribution in [0.2, 0.25) is 0 Å². The second-order valence-electron chi connectivity index (χ2n) is 7.36. The Labute approximate surface area is 158 Å². The smallest absolute Gasteiger partial charge is 0.193 e. The van der Waals surface area contributed by atoms with E-state index in [9.17, 15) is 5.11 Å². The Morgan fingerprint density at radius 1 is 1.12 bits per heavy atom. The van der Waals surface area contributed by atoms with E-state index in [0.717, 1.165) is 50.9 Å². The molecule has 1 saturated heterocycles. The minimum absolute atomic E-state index is 0.353. The van der Waals surface area contributed by atoms with Crippen molar-refractivity contribution < 1.29 is 5.11 Å². The number of nitrogens with one attached hydrogen (secondary N) is 1. The summed E-state index contributed by atoms with van der Waals surface area (Å²) in [6, 6.07) is 8.64. The Hall–Kier alpha value is -1.95. The normalized spacial score (nSPS) is 16.1. The number of aromatic hydroxyl groups is 1. The molecule has 26 heavy (non-hydrogen) atoms. The van der Waals surface area contributed by atoms with Crippen molar-refractivity contribution in [2.24, 2.45) is 4.99 Å². The number of phenolic OH excluding ortho intramolecular Hbond substituents is 1. The molecule has 1 aliphatic heterocycles. The van der Waals surface area contributed by atoms with E-state index in [1.165, 1.54) is 0 Å². The molecule has 2 rings (SSSR count). The van der Waals surface area contributed by atoms with E-state index in [0.29, 0.717) is 17.8 Å². The van der Waals surface area contributed by atoms with Crippen molar-refractivity contribution in [3.63, 3.8) is 0 Å². The summed E-state index contributed by atoms with van der Waals surface area (Å²) >= 11 is 0. The molecule has 0 atom stereocenters. The monoisotopic (exact) mass is 361 g/mol. The molecular formula is C20H35N5O. The number of anilines is 1. The summed E-state index contributed by atoms with van der Waals surface area (Å²) < 4.78 is 0. The first-order valence-corrected chi connectivity index (χ1v) is 9.68. The number of piperazine rings is 1. The molecule has 2 N–H and O–H groups in total. The average molecular weight is 362 g/mol. The van der Waals surface area contributed by atoms with Crippen molar-refractivity contribution in [1.82, 2.24) is 15.1 Å². The van der Waals surface area contributed by atoms with Gasteiger partial charge in [-0.15, -0.1) is 0 Å². The van der Waals surface area contributed by atoms with E-state index in [2.05, 4.69) is 52.7 Å². The quantitative estimate of drug-likeness (QED) is 0.601. The Balaban J connectivity index is 1.84. The predicted octanol–water partition coefficient (Wildman–Crippen LogP) is 2.21. The first-order chi connectivity index (χ1) is 12.4. The van der Waals surface area contributed by atoms with E-state index < -0.39 is 0 Å². The molecular weight excluding hydrogens is 326 g/mol. The predicted molar refractivity (Wildman–Crippen MR) is 110 cm³/mol. The summed E-state index contributed by atoms with van der Waals surface area (Å²) in [5.74, 6) is 1.32. The van der Waals surface area contributed by atoms with Crippen LogP contribution in [0, 0.1) is 0 Å². The molecule has 1 aliphatic rings. The summed E-state index contributed by atoms with van der Waals surface area (Å²) in [6.45, 7) is 14.4. The molecule has 146 valence electrons. The number of guanidine groups is 1. The highest BCUT2D eigenvalue weighted by molar-refractivity contribution is 5.80. The standard InChI is InChI=1S/C20H35N5O/c1-16(2)25(17(3)4)11-10-22-20(21-5)24-14-12-23(13-15-24)18-8-6-7-9-19(18)26/h6-9,16-17,26H,10-15H2,1-5H3,(H,21,22). The lowest BCUT2D eigenvalue weighted by atomic mass is 10.2. The van der Waals surface area contributed by atoms with Crippen molar-refractivity contribution in [3.8, 4) is 5.75 Å². The number of phenols is 1. The van der Waals surface area contributed by atoms with Gasteiger partial charge in [-0.2, -0.15) is 0 Å². The number of para-hydroxylation sites is 2. The highest BCUT2D eigenvalue weighted by Gasteiger charge is 2.21. The van der Waals surface area contributed by atoms with Gasteiger partial charge in [0.25, 0.3) is 0 Å². The lowest BCUT2D eigenvalue weighted by molar-refractivity contribution is 0.178. The van der Waals surface area contributed by atoms with Crippen LogP contribution < -0.4 is 10.2 Å². The van der Waals surface area contributed by atoms with Gasteiger partial charge >= 0.3 is 0 Å². The zero-order valence-corrected chi connectivity index (χ0v) is 16.9. The third-order valence-corrected chi connectivity index (χ3v) is 4.99. The average Bonchev–Trinajstić information content (AvgIpc) is 2.62. The van der Waals surface area contributed by atoms with Gasteiger partial charge in [0, 0.05) is 58.4 Å². The number of hydrogen-bond donors (Lipinski definition) is 2. The van der Waals surface area contributed by atoms with Crippen molar-refractivity contribution in [3.05, 3.63) is 24.3 Å². The lowest BCUT2D eigenvalue weighted by Crippen LogP contribution is -2.53. The van der Waals surface area contributed by atoms with Gasteiger partial charge in [-0.25, -0.2) is 0 Å². The van der Waals surface area contributed by atoms with Crippen LogP contribution in [-0.2, 0) is 0 Å². The highest BCUT2D eigenvalue weighted by Crippen LogP contribution is 2.27. The number of nitrogens with zero attached hydrogens (tertiary/aromatic N) is 4. The van der Waals surface area contributed by atoms with Crippen LogP contribution in [0.25, 0.3) is 0 Å². The molecule has 0 unspecified atom stereocenters. The van der Waals surface area contributed by atoms with Crippen LogP contribution in [0.1, 0.15) is 27.7 Å². The molecule has 0 aliphatic carbocycles. The first-order valence-electron chi connectivity index (χ1n) is 9.68. The van der Waals surface area contributed by atoms with Gasteiger partial charge in [0.15, 0.2) is 5.96 Å². The molecule has 0 radical (unpaired) electrons. The second kappa shape index (κ2) is 9.67. The fourth-order valence-electron chi connectivity index (χ4n) is 3.63. The summed E-state index contributed by atoms with van der Waals surface area (Å²) in [5, 5.41) is 13.6. The van der Waals surface area contributed by atoms with Gasteiger partial charge in [0.2, 0.25) is 0 Å². The van der Waals surface area contributed by atoms with E-state index in [1.54, 1.807) is 6.07 Å². The van der Waals surface area contributed by atoms with Gasteiger partial charge in [-0.3, -0.25) is 9.89 Å². The van der Waals surface area contributed by atoms with Crippen LogP contribution >= 0.6 is 0 Å². The Morgan fingerprint density at radius 3 is 2.27 bits per heavy atom.